The van der Waals surface area contributed by atoms with Gasteiger partial charge in [-0.3, -0.25) is 0 Å². The van der Waals surface area contributed by atoms with Gasteiger partial charge in [0.15, 0.2) is 0 Å². The highest BCUT2D eigenvalue weighted by molar-refractivity contribution is 5.89. The molecule has 4 nitrogen and oxygen atoms in total. The Hall–Kier alpha value is -1.55. The van der Waals surface area contributed by atoms with Crippen molar-refractivity contribution in [1.29, 1.82) is 0 Å². The fourth-order valence-corrected chi connectivity index (χ4v) is 3.15. The maximum Gasteiger partial charge on any atom is 0.319 e. The highest BCUT2D eigenvalue weighted by Gasteiger charge is 2.16. The molecule has 0 spiro atoms. The number of carbonyl (C=O) groups is 1. The van der Waals surface area contributed by atoms with E-state index in [-0.39, 0.29) is 6.03 Å². The molecule has 2 amide bonds. The van der Waals surface area contributed by atoms with E-state index in [1.165, 1.54) is 30.4 Å². The van der Waals surface area contributed by atoms with Crippen LogP contribution in [0.3, 0.4) is 0 Å². The molecule has 1 aliphatic heterocycles. The van der Waals surface area contributed by atoms with Crippen LogP contribution >= 0.6 is 0 Å². The summed E-state index contributed by atoms with van der Waals surface area (Å²) in [4.78, 5) is 12.0. The van der Waals surface area contributed by atoms with Crippen molar-refractivity contribution in [3.05, 3.63) is 29.3 Å². The number of anilines is 1. The lowest BCUT2D eigenvalue weighted by Crippen LogP contribution is -2.39. The van der Waals surface area contributed by atoms with Crippen molar-refractivity contribution < 1.29 is 4.79 Å². The number of nitrogens with one attached hydrogen (secondary N) is 3. The van der Waals surface area contributed by atoms with Gasteiger partial charge in [0.2, 0.25) is 0 Å². The van der Waals surface area contributed by atoms with Crippen LogP contribution in [0.15, 0.2) is 18.2 Å². The van der Waals surface area contributed by atoms with Gasteiger partial charge in [0.1, 0.15) is 0 Å². The van der Waals surface area contributed by atoms with Crippen LogP contribution < -0.4 is 16.0 Å². The van der Waals surface area contributed by atoms with Gasteiger partial charge in [-0.15, -0.1) is 0 Å². The molecule has 3 N–H and O–H groups in total. The number of rotatable bonds is 2. The van der Waals surface area contributed by atoms with Crippen molar-refractivity contribution in [2.24, 2.45) is 0 Å². The van der Waals surface area contributed by atoms with Crippen LogP contribution in [0.25, 0.3) is 0 Å². The lowest BCUT2D eigenvalue weighted by Gasteiger charge is -2.23. The fraction of sp³-hybridized carbons (Fsp3) is 0.562. The molecule has 1 aromatic rings. The highest BCUT2D eigenvalue weighted by atomic mass is 16.2. The summed E-state index contributed by atoms with van der Waals surface area (Å²) < 4.78 is 0. The van der Waals surface area contributed by atoms with Crippen molar-refractivity contribution in [3.63, 3.8) is 0 Å². The van der Waals surface area contributed by atoms with Crippen LogP contribution in [0.2, 0.25) is 0 Å². The monoisotopic (exact) mass is 273 g/mol. The molecule has 0 aromatic heterocycles. The molecular formula is C16H23N3O. The number of amides is 2. The Kier molecular flexibility index (Phi) is 4.21. The Bertz CT molecular complexity index is 481. The molecule has 0 bridgehead atoms. The van der Waals surface area contributed by atoms with E-state index in [1.54, 1.807) is 0 Å². The van der Waals surface area contributed by atoms with E-state index in [1.807, 2.05) is 6.07 Å². The van der Waals surface area contributed by atoms with E-state index in [0.717, 1.165) is 38.0 Å². The molecular weight excluding hydrogens is 250 g/mol. The Morgan fingerprint density at radius 3 is 2.85 bits per heavy atom. The van der Waals surface area contributed by atoms with Crippen LogP contribution in [0.5, 0.6) is 0 Å². The molecule has 1 aromatic carbocycles. The zero-order valence-electron chi connectivity index (χ0n) is 11.9. The maximum absolute atomic E-state index is 12.0. The number of hydrogen-bond acceptors (Lipinski definition) is 2. The minimum atomic E-state index is -0.0641. The summed E-state index contributed by atoms with van der Waals surface area (Å²) in [6, 6.07) is 6.50. The predicted octanol–water partition coefficient (Wildman–Crippen LogP) is 2.79. The van der Waals surface area contributed by atoms with Gasteiger partial charge in [-0.2, -0.15) is 0 Å². The van der Waals surface area contributed by atoms with Gasteiger partial charge in [-0.25, -0.2) is 4.79 Å². The van der Waals surface area contributed by atoms with Crippen LogP contribution in [-0.4, -0.2) is 18.6 Å². The fourth-order valence-electron chi connectivity index (χ4n) is 3.15. The maximum atomic E-state index is 12.0. The van der Waals surface area contributed by atoms with E-state index in [9.17, 15) is 4.79 Å². The zero-order valence-corrected chi connectivity index (χ0v) is 11.9. The second kappa shape index (κ2) is 6.27. The Morgan fingerprint density at radius 2 is 2.00 bits per heavy atom. The van der Waals surface area contributed by atoms with Gasteiger partial charge < -0.3 is 16.0 Å². The molecule has 1 fully saturated rings. The smallest absolute Gasteiger partial charge is 0.319 e. The van der Waals surface area contributed by atoms with Crippen molar-refractivity contribution in [3.8, 4) is 0 Å². The van der Waals surface area contributed by atoms with Crippen LogP contribution in [0, 0.1) is 0 Å². The van der Waals surface area contributed by atoms with Crippen LogP contribution in [0.4, 0.5) is 10.5 Å². The molecule has 0 saturated heterocycles. The Morgan fingerprint density at radius 1 is 1.15 bits per heavy atom. The molecule has 1 aliphatic carbocycles. The molecule has 1 heterocycles. The number of fused-ring (bicyclic) bond motifs is 1. The minimum Gasteiger partial charge on any atom is -0.335 e. The summed E-state index contributed by atoms with van der Waals surface area (Å²) in [5.41, 5.74) is 3.59. The van der Waals surface area contributed by atoms with E-state index >= 15 is 0 Å². The Balaban J connectivity index is 1.58. The SMILES string of the molecule is O=C(Nc1ccc2c(c1)CCNC2)NC1CCCCC1. The molecule has 1 saturated carbocycles. The number of urea groups is 1. The first-order chi connectivity index (χ1) is 9.81. The molecule has 2 aliphatic rings. The predicted molar refractivity (Wildman–Crippen MR) is 80.9 cm³/mol. The molecule has 0 radical (unpaired) electrons. The van der Waals surface area contributed by atoms with E-state index < -0.39 is 0 Å². The third-order valence-electron chi connectivity index (χ3n) is 4.29. The lowest BCUT2D eigenvalue weighted by atomic mass is 9.96. The number of benzene rings is 1. The summed E-state index contributed by atoms with van der Waals surface area (Å²) >= 11 is 0. The zero-order chi connectivity index (χ0) is 13.8. The average Bonchev–Trinajstić information content (AvgIpc) is 2.48. The second-order valence-electron chi connectivity index (χ2n) is 5.84. The van der Waals surface area contributed by atoms with Crippen molar-refractivity contribution in [2.45, 2.75) is 51.1 Å². The first-order valence-electron chi connectivity index (χ1n) is 7.71. The molecule has 4 heteroatoms. The molecule has 3 rings (SSSR count). The van der Waals surface area contributed by atoms with Crippen LogP contribution in [-0.2, 0) is 13.0 Å². The van der Waals surface area contributed by atoms with Crippen molar-refractivity contribution in [1.82, 2.24) is 10.6 Å². The van der Waals surface area contributed by atoms with Gasteiger partial charge in [-0.1, -0.05) is 25.3 Å². The van der Waals surface area contributed by atoms with Gasteiger partial charge in [0.05, 0.1) is 0 Å². The molecule has 108 valence electrons. The average molecular weight is 273 g/mol. The third-order valence-corrected chi connectivity index (χ3v) is 4.29. The van der Waals surface area contributed by atoms with E-state index in [4.69, 9.17) is 0 Å². The van der Waals surface area contributed by atoms with Gasteiger partial charge >= 0.3 is 6.03 Å². The molecule has 0 atom stereocenters. The normalized spacial score (nSPS) is 19.2. The quantitative estimate of drug-likeness (QED) is 0.776. The van der Waals surface area contributed by atoms with E-state index in [0.29, 0.717) is 6.04 Å². The van der Waals surface area contributed by atoms with Crippen molar-refractivity contribution in [2.75, 3.05) is 11.9 Å². The summed E-state index contributed by atoms with van der Waals surface area (Å²) in [5, 5.41) is 9.41. The molecule has 20 heavy (non-hydrogen) atoms. The summed E-state index contributed by atoms with van der Waals surface area (Å²) in [5.74, 6) is 0. The third kappa shape index (κ3) is 3.31. The summed E-state index contributed by atoms with van der Waals surface area (Å²) in [6.45, 7) is 1.95. The lowest BCUT2D eigenvalue weighted by molar-refractivity contribution is 0.244. The highest BCUT2D eigenvalue weighted by Crippen LogP contribution is 2.20. The topological polar surface area (TPSA) is 53.2 Å². The summed E-state index contributed by atoms with van der Waals surface area (Å²) in [6.07, 6.45) is 7.04. The number of carbonyl (C=O) groups excluding carboxylic acids is 1. The van der Waals surface area contributed by atoms with Crippen LogP contribution in [0.1, 0.15) is 43.2 Å². The van der Waals surface area contributed by atoms with Gasteiger partial charge in [-0.05, 0) is 49.1 Å². The van der Waals surface area contributed by atoms with Gasteiger partial charge in [0, 0.05) is 18.3 Å². The number of hydrogen-bond donors (Lipinski definition) is 3. The van der Waals surface area contributed by atoms with E-state index in [2.05, 4.69) is 28.1 Å². The van der Waals surface area contributed by atoms with Crippen molar-refractivity contribution >= 4 is 11.7 Å². The summed E-state index contributed by atoms with van der Waals surface area (Å²) in [7, 11) is 0. The Labute approximate surface area is 120 Å². The first-order valence-corrected chi connectivity index (χ1v) is 7.71. The first kappa shape index (κ1) is 13.4. The minimum absolute atomic E-state index is 0.0641. The standard InChI is InChI=1S/C16H23N3O/c20-16(18-14-4-2-1-3-5-14)19-15-7-6-13-11-17-9-8-12(13)10-15/h6-7,10,14,17H,1-5,8-9,11H2,(H2,18,19,20). The molecule has 0 unspecified atom stereocenters. The van der Waals surface area contributed by atoms with Gasteiger partial charge in [0.25, 0.3) is 0 Å². The largest absolute Gasteiger partial charge is 0.335 e. The second-order valence-corrected chi connectivity index (χ2v) is 5.84.